The van der Waals surface area contributed by atoms with Gasteiger partial charge in [-0.05, 0) is 36.6 Å². The van der Waals surface area contributed by atoms with Crippen LogP contribution in [0.4, 0.5) is 13.2 Å². The lowest BCUT2D eigenvalue weighted by Crippen LogP contribution is -2.09. The molecule has 1 nitrogen and oxygen atoms in total. The first-order chi connectivity index (χ1) is 9.97. The molecular weight excluding hydrogens is 301 g/mol. The zero-order chi connectivity index (χ0) is 15.0. The normalized spacial score (nSPS) is 14.5. The summed E-state index contributed by atoms with van der Waals surface area (Å²) in [7, 11) is 0. The van der Waals surface area contributed by atoms with Crippen molar-refractivity contribution in [2.45, 2.75) is 19.0 Å². The van der Waals surface area contributed by atoms with Gasteiger partial charge in [0.2, 0.25) is 0 Å². The average Bonchev–Trinajstić information content (AvgIpc) is 2.46. The van der Waals surface area contributed by atoms with Crippen LogP contribution in [0.5, 0.6) is 5.75 Å². The van der Waals surface area contributed by atoms with Crippen LogP contribution in [-0.2, 0) is 12.6 Å². The van der Waals surface area contributed by atoms with Gasteiger partial charge in [0.05, 0.1) is 12.2 Å². The maximum Gasteiger partial charge on any atom is 0.416 e. The van der Waals surface area contributed by atoms with E-state index in [0.29, 0.717) is 12.2 Å². The maximum absolute atomic E-state index is 12.7. The molecular formula is C16H12ClF3O. The molecule has 0 bridgehead atoms. The molecule has 0 unspecified atom stereocenters. The molecule has 3 rings (SSSR count). The molecule has 2 aromatic rings. The minimum Gasteiger partial charge on any atom is -0.493 e. The predicted octanol–water partition coefficient (Wildman–Crippen LogP) is 5.35. The van der Waals surface area contributed by atoms with Crippen LogP contribution in [0.3, 0.4) is 0 Å². The van der Waals surface area contributed by atoms with Crippen molar-refractivity contribution in [3.8, 4) is 16.9 Å². The molecule has 0 fully saturated rings. The smallest absolute Gasteiger partial charge is 0.416 e. The van der Waals surface area contributed by atoms with Gasteiger partial charge < -0.3 is 4.74 Å². The van der Waals surface area contributed by atoms with Crippen molar-refractivity contribution in [3.63, 3.8) is 0 Å². The molecule has 1 aliphatic heterocycles. The van der Waals surface area contributed by atoms with E-state index in [2.05, 4.69) is 0 Å². The van der Waals surface area contributed by atoms with Gasteiger partial charge in [0, 0.05) is 16.1 Å². The van der Waals surface area contributed by atoms with E-state index in [4.69, 9.17) is 16.3 Å². The van der Waals surface area contributed by atoms with Crippen LogP contribution in [0.15, 0.2) is 36.4 Å². The second-order valence-corrected chi connectivity index (χ2v) is 5.33. The summed E-state index contributed by atoms with van der Waals surface area (Å²) in [5, 5.41) is 0.101. The largest absolute Gasteiger partial charge is 0.493 e. The zero-order valence-electron chi connectivity index (χ0n) is 11.0. The SMILES string of the molecule is FC(F)(F)c1ccc(-c2cccc3c2CCCO3)c(Cl)c1. The Morgan fingerprint density at radius 3 is 2.57 bits per heavy atom. The second-order valence-electron chi connectivity index (χ2n) is 4.93. The number of hydrogen-bond acceptors (Lipinski definition) is 1. The number of benzene rings is 2. The fourth-order valence-electron chi connectivity index (χ4n) is 2.55. The van der Waals surface area contributed by atoms with E-state index in [0.717, 1.165) is 41.9 Å². The third-order valence-corrected chi connectivity index (χ3v) is 3.86. The zero-order valence-corrected chi connectivity index (χ0v) is 11.8. The van der Waals surface area contributed by atoms with Gasteiger partial charge >= 0.3 is 6.18 Å². The third-order valence-electron chi connectivity index (χ3n) is 3.55. The minimum absolute atomic E-state index is 0.101. The number of rotatable bonds is 1. The third kappa shape index (κ3) is 2.72. The summed E-state index contributed by atoms with van der Waals surface area (Å²) < 4.78 is 43.7. The molecule has 21 heavy (non-hydrogen) atoms. The average molecular weight is 313 g/mol. The first-order valence-corrected chi connectivity index (χ1v) is 6.96. The lowest BCUT2D eigenvalue weighted by atomic mass is 9.94. The Hall–Kier alpha value is -1.68. The Labute approximate surface area is 125 Å². The van der Waals surface area contributed by atoms with Crippen molar-refractivity contribution >= 4 is 11.6 Å². The highest BCUT2D eigenvalue weighted by Gasteiger charge is 2.31. The van der Waals surface area contributed by atoms with Crippen molar-refractivity contribution in [1.29, 1.82) is 0 Å². The topological polar surface area (TPSA) is 9.23 Å². The Morgan fingerprint density at radius 2 is 1.86 bits per heavy atom. The molecule has 0 amide bonds. The summed E-state index contributed by atoms with van der Waals surface area (Å²) in [5.41, 5.74) is 1.71. The molecule has 0 spiro atoms. The van der Waals surface area contributed by atoms with E-state index in [9.17, 15) is 13.2 Å². The van der Waals surface area contributed by atoms with Gasteiger partial charge in [0.15, 0.2) is 0 Å². The van der Waals surface area contributed by atoms with Gasteiger partial charge in [-0.2, -0.15) is 13.2 Å². The van der Waals surface area contributed by atoms with Crippen LogP contribution in [0, 0.1) is 0 Å². The van der Waals surface area contributed by atoms with Crippen molar-refractivity contribution in [1.82, 2.24) is 0 Å². The van der Waals surface area contributed by atoms with E-state index in [-0.39, 0.29) is 5.02 Å². The molecule has 0 atom stereocenters. The summed E-state index contributed by atoms with van der Waals surface area (Å²) in [4.78, 5) is 0. The van der Waals surface area contributed by atoms with Crippen LogP contribution in [0.25, 0.3) is 11.1 Å². The quantitative estimate of drug-likeness (QED) is 0.689. The highest BCUT2D eigenvalue weighted by atomic mass is 35.5. The van der Waals surface area contributed by atoms with Gasteiger partial charge in [0.1, 0.15) is 5.75 Å². The number of halogens is 4. The van der Waals surface area contributed by atoms with Crippen LogP contribution in [0.1, 0.15) is 17.5 Å². The van der Waals surface area contributed by atoms with Crippen LogP contribution in [0.2, 0.25) is 5.02 Å². The summed E-state index contributed by atoms with van der Waals surface area (Å²) in [5.74, 6) is 0.787. The molecule has 5 heteroatoms. The molecule has 110 valence electrons. The van der Waals surface area contributed by atoms with Crippen molar-refractivity contribution in [3.05, 3.63) is 52.5 Å². The molecule has 0 saturated heterocycles. The minimum atomic E-state index is -4.39. The molecule has 0 saturated carbocycles. The van der Waals surface area contributed by atoms with E-state index in [1.165, 1.54) is 6.07 Å². The molecule has 0 N–H and O–H groups in total. The van der Waals surface area contributed by atoms with Crippen molar-refractivity contribution in [2.24, 2.45) is 0 Å². The predicted molar refractivity (Wildman–Crippen MR) is 75.7 cm³/mol. The molecule has 0 radical (unpaired) electrons. The molecule has 2 aromatic carbocycles. The van der Waals surface area contributed by atoms with Gasteiger partial charge in [-0.1, -0.05) is 29.8 Å². The fourth-order valence-corrected chi connectivity index (χ4v) is 2.83. The Bertz CT molecular complexity index is 680. The molecule has 1 heterocycles. The number of alkyl halides is 3. The number of fused-ring (bicyclic) bond motifs is 1. The summed E-state index contributed by atoms with van der Waals surface area (Å²) in [6.45, 7) is 0.664. The first-order valence-electron chi connectivity index (χ1n) is 6.58. The Balaban J connectivity index is 2.10. The van der Waals surface area contributed by atoms with E-state index >= 15 is 0 Å². The first kappa shape index (κ1) is 14.3. The highest BCUT2D eigenvalue weighted by molar-refractivity contribution is 6.33. The van der Waals surface area contributed by atoms with Gasteiger partial charge in [-0.25, -0.2) is 0 Å². The molecule has 1 aliphatic rings. The highest BCUT2D eigenvalue weighted by Crippen LogP contribution is 2.39. The van der Waals surface area contributed by atoms with E-state index in [1.807, 2.05) is 18.2 Å². The lowest BCUT2D eigenvalue weighted by Gasteiger charge is -2.21. The second kappa shape index (κ2) is 5.26. The van der Waals surface area contributed by atoms with Crippen LogP contribution in [-0.4, -0.2) is 6.61 Å². The summed E-state index contributed by atoms with van der Waals surface area (Å²) in [6, 6.07) is 9.02. The number of hydrogen-bond donors (Lipinski definition) is 0. The fraction of sp³-hybridized carbons (Fsp3) is 0.250. The Morgan fingerprint density at radius 1 is 1.05 bits per heavy atom. The van der Waals surface area contributed by atoms with Crippen LogP contribution >= 0.6 is 11.6 Å². The molecule has 0 aliphatic carbocycles. The standard InChI is InChI=1S/C16H12ClF3O/c17-14-9-10(16(18,19)20)6-7-12(14)11-3-1-5-15-13(11)4-2-8-21-15/h1,3,5-7,9H,2,4,8H2. The van der Waals surface area contributed by atoms with Gasteiger partial charge in [-0.3, -0.25) is 0 Å². The summed E-state index contributed by atoms with van der Waals surface area (Å²) >= 11 is 6.07. The Kier molecular flexibility index (Phi) is 3.57. The van der Waals surface area contributed by atoms with Gasteiger partial charge in [0.25, 0.3) is 0 Å². The van der Waals surface area contributed by atoms with Crippen molar-refractivity contribution < 1.29 is 17.9 Å². The molecule has 0 aromatic heterocycles. The maximum atomic E-state index is 12.7. The van der Waals surface area contributed by atoms with Crippen LogP contribution < -0.4 is 4.74 Å². The van der Waals surface area contributed by atoms with E-state index < -0.39 is 11.7 Å². The lowest BCUT2D eigenvalue weighted by molar-refractivity contribution is -0.137. The monoisotopic (exact) mass is 312 g/mol. The van der Waals surface area contributed by atoms with Gasteiger partial charge in [-0.15, -0.1) is 0 Å². The summed E-state index contributed by atoms with van der Waals surface area (Å²) in [6.07, 6.45) is -2.66. The number of ether oxygens (including phenoxy) is 1. The van der Waals surface area contributed by atoms with E-state index in [1.54, 1.807) is 0 Å². The van der Waals surface area contributed by atoms with Crippen molar-refractivity contribution in [2.75, 3.05) is 6.61 Å².